The van der Waals surface area contributed by atoms with Gasteiger partial charge < -0.3 is 10.6 Å². The van der Waals surface area contributed by atoms with Crippen molar-refractivity contribution in [1.29, 1.82) is 0 Å². The lowest BCUT2D eigenvalue weighted by molar-refractivity contribution is -0.118. The van der Waals surface area contributed by atoms with E-state index in [4.69, 9.17) is 5.73 Å². The predicted octanol–water partition coefficient (Wildman–Crippen LogP) is 0.594. The summed E-state index contributed by atoms with van der Waals surface area (Å²) in [5, 5.41) is 0. The molecule has 0 aromatic heterocycles. The number of hydrogen-bond donors (Lipinski definition) is 1. The van der Waals surface area contributed by atoms with Gasteiger partial charge in [0.25, 0.3) is 0 Å². The first-order valence-corrected chi connectivity index (χ1v) is 4.65. The van der Waals surface area contributed by atoms with E-state index < -0.39 is 0 Å². The quantitative estimate of drug-likeness (QED) is 0.674. The van der Waals surface area contributed by atoms with Gasteiger partial charge in [0.15, 0.2) is 0 Å². The van der Waals surface area contributed by atoms with E-state index in [0.29, 0.717) is 12.3 Å². The Bertz CT molecular complexity index is 159. The smallest absolute Gasteiger partial charge is 0.217 e. The molecule has 0 radical (unpaired) electrons. The van der Waals surface area contributed by atoms with Crippen LogP contribution in [0.3, 0.4) is 0 Å². The fraction of sp³-hybridized carbons (Fsp3) is 0.889. The highest BCUT2D eigenvalue weighted by atomic mass is 16.1. The second-order valence-electron chi connectivity index (χ2n) is 3.78. The minimum atomic E-state index is -0.164. The van der Waals surface area contributed by atoms with Gasteiger partial charge in [0.05, 0.1) is 0 Å². The molecule has 1 rings (SSSR count). The van der Waals surface area contributed by atoms with Crippen molar-refractivity contribution in [3.63, 3.8) is 0 Å². The van der Waals surface area contributed by atoms with Crippen LogP contribution in [0.15, 0.2) is 0 Å². The molecule has 3 heteroatoms. The molecule has 0 aliphatic carbocycles. The summed E-state index contributed by atoms with van der Waals surface area (Å²) in [7, 11) is 2.14. The predicted molar refractivity (Wildman–Crippen MR) is 48.6 cm³/mol. The number of nitrogens with two attached hydrogens (primary N) is 1. The summed E-state index contributed by atoms with van der Waals surface area (Å²) >= 11 is 0. The zero-order valence-electron chi connectivity index (χ0n) is 7.75. The summed E-state index contributed by atoms with van der Waals surface area (Å²) < 4.78 is 0. The lowest BCUT2D eigenvalue weighted by atomic mass is 9.94. The molecule has 0 aromatic rings. The van der Waals surface area contributed by atoms with Crippen molar-refractivity contribution in [2.45, 2.75) is 25.7 Å². The monoisotopic (exact) mass is 170 g/mol. The first-order chi connectivity index (χ1) is 5.68. The molecular formula is C9H18N2O. The normalized spacial score (nSPS) is 25.6. The van der Waals surface area contributed by atoms with Crippen molar-refractivity contribution >= 4 is 5.91 Å². The standard InChI is InChI=1S/C9H18N2O/c1-11-6-2-3-8(7-11)4-5-9(10)12/h8H,2-7H2,1H3,(H2,10,12). The maximum atomic E-state index is 10.5. The number of carbonyl (C=O) groups is 1. The molecule has 70 valence electrons. The molecule has 1 atom stereocenters. The van der Waals surface area contributed by atoms with Crippen LogP contribution in [0.25, 0.3) is 0 Å². The summed E-state index contributed by atoms with van der Waals surface area (Å²) in [6.45, 7) is 2.33. The molecule has 3 nitrogen and oxygen atoms in total. The van der Waals surface area contributed by atoms with E-state index >= 15 is 0 Å². The number of rotatable bonds is 3. The third-order valence-corrected chi connectivity index (χ3v) is 2.52. The van der Waals surface area contributed by atoms with Crippen LogP contribution in [-0.2, 0) is 4.79 Å². The molecule has 1 unspecified atom stereocenters. The summed E-state index contributed by atoms with van der Waals surface area (Å²) in [4.78, 5) is 12.9. The van der Waals surface area contributed by atoms with Crippen LogP contribution in [0, 0.1) is 5.92 Å². The van der Waals surface area contributed by atoms with Crippen LogP contribution in [0.2, 0.25) is 0 Å². The van der Waals surface area contributed by atoms with Gasteiger partial charge in [0, 0.05) is 13.0 Å². The lowest BCUT2D eigenvalue weighted by Crippen LogP contribution is -2.32. The molecule has 1 heterocycles. The average Bonchev–Trinajstić information content (AvgIpc) is 2.01. The molecule has 0 bridgehead atoms. The third kappa shape index (κ3) is 3.22. The minimum absolute atomic E-state index is 0.164. The van der Waals surface area contributed by atoms with Crippen molar-refractivity contribution in [3.05, 3.63) is 0 Å². The first-order valence-electron chi connectivity index (χ1n) is 4.65. The number of hydrogen-bond acceptors (Lipinski definition) is 2. The number of amides is 1. The second-order valence-corrected chi connectivity index (χ2v) is 3.78. The highest BCUT2D eigenvalue weighted by Gasteiger charge is 2.16. The molecule has 0 spiro atoms. The average molecular weight is 170 g/mol. The van der Waals surface area contributed by atoms with Crippen molar-refractivity contribution in [2.75, 3.05) is 20.1 Å². The topological polar surface area (TPSA) is 46.3 Å². The lowest BCUT2D eigenvalue weighted by Gasteiger charge is -2.29. The molecule has 1 aliphatic heterocycles. The molecule has 1 aliphatic rings. The van der Waals surface area contributed by atoms with E-state index in [-0.39, 0.29) is 5.91 Å². The molecule has 0 aromatic carbocycles. The Morgan fingerprint density at radius 1 is 1.67 bits per heavy atom. The maximum absolute atomic E-state index is 10.5. The third-order valence-electron chi connectivity index (χ3n) is 2.52. The van der Waals surface area contributed by atoms with Gasteiger partial charge in [-0.2, -0.15) is 0 Å². The molecule has 1 fully saturated rings. The minimum Gasteiger partial charge on any atom is -0.370 e. The van der Waals surface area contributed by atoms with Crippen LogP contribution >= 0.6 is 0 Å². The Balaban J connectivity index is 2.18. The highest BCUT2D eigenvalue weighted by molar-refractivity contribution is 5.73. The van der Waals surface area contributed by atoms with Gasteiger partial charge in [-0.25, -0.2) is 0 Å². The number of carbonyl (C=O) groups excluding carboxylic acids is 1. The van der Waals surface area contributed by atoms with Crippen LogP contribution in [0.5, 0.6) is 0 Å². The Labute approximate surface area is 73.9 Å². The molecule has 0 saturated carbocycles. The number of nitrogens with zero attached hydrogens (tertiary/aromatic N) is 1. The van der Waals surface area contributed by atoms with Gasteiger partial charge in [-0.15, -0.1) is 0 Å². The Morgan fingerprint density at radius 2 is 2.42 bits per heavy atom. The molecule has 12 heavy (non-hydrogen) atoms. The van der Waals surface area contributed by atoms with Crippen molar-refractivity contribution in [2.24, 2.45) is 11.7 Å². The Morgan fingerprint density at radius 3 is 3.00 bits per heavy atom. The molecule has 1 saturated heterocycles. The van der Waals surface area contributed by atoms with E-state index in [0.717, 1.165) is 13.0 Å². The van der Waals surface area contributed by atoms with E-state index in [9.17, 15) is 4.79 Å². The molecular weight excluding hydrogens is 152 g/mol. The van der Waals surface area contributed by atoms with E-state index in [1.807, 2.05) is 0 Å². The summed E-state index contributed by atoms with van der Waals surface area (Å²) in [5.74, 6) is 0.527. The van der Waals surface area contributed by atoms with Crippen molar-refractivity contribution < 1.29 is 4.79 Å². The fourth-order valence-corrected chi connectivity index (χ4v) is 1.86. The van der Waals surface area contributed by atoms with Crippen molar-refractivity contribution in [1.82, 2.24) is 4.90 Å². The van der Waals surface area contributed by atoms with Gasteiger partial charge >= 0.3 is 0 Å². The van der Waals surface area contributed by atoms with Crippen LogP contribution in [-0.4, -0.2) is 30.9 Å². The van der Waals surface area contributed by atoms with Crippen molar-refractivity contribution in [3.8, 4) is 0 Å². The number of primary amides is 1. The van der Waals surface area contributed by atoms with Gasteiger partial charge in [-0.05, 0) is 38.8 Å². The highest BCUT2D eigenvalue weighted by Crippen LogP contribution is 2.19. The van der Waals surface area contributed by atoms with E-state index in [1.165, 1.54) is 19.4 Å². The Kier molecular flexibility index (Phi) is 3.53. The van der Waals surface area contributed by atoms with Crippen LogP contribution in [0.4, 0.5) is 0 Å². The number of likely N-dealkylation sites (tertiary alicyclic amines) is 1. The molecule has 2 N–H and O–H groups in total. The van der Waals surface area contributed by atoms with E-state index in [1.54, 1.807) is 0 Å². The zero-order valence-corrected chi connectivity index (χ0v) is 7.75. The zero-order chi connectivity index (χ0) is 8.97. The first kappa shape index (κ1) is 9.52. The fourth-order valence-electron chi connectivity index (χ4n) is 1.86. The van der Waals surface area contributed by atoms with Crippen LogP contribution < -0.4 is 5.73 Å². The largest absolute Gasteiger partial charge is 0.370 e. The summed E-state index contributed by atoms with van der Waals surface area (Å²) in [6.07, 6.45) is 4.05. The molecule has 1 amide bonds. The SMILES string of the molecule is CN1CCCC(CCC(N)=O)C1. The number of piperidine rings is 1. The summed E-state index contributed by atoms with van der Waals surface area (Å²) in [6, 6.07) is 0. The maximum Gasteiger partial charge on any atom is 0.217 e. The van der Waals surface area contributed by atoms with Gasteiger partial charge in [-0.1, -0.05) is 0 Å². The van der Waals surface area contributed by atoms with Gasteiger partial charge in [0.2, 0.25) is 5.91 Å². The Hall–Kier alpha value is -0.570. The summed E-state index contributed by atoms with van der Waals surface area (Å²) in [5.41, 5.74) is 5.09. The van der Waals surface area contributed by atoms with Crippen LogP contribution in [0.1, 0.15) is 25.7 Å². The van der Waals surface area contributed by atoms with Gasteiger partial charge in [-0.3, -0.25) is 4.79 Å². The second kappa shape index (κ2) is 4.45. The van der Waals surface area contributed by atoms with Gasteiger partial charge in [0.1, 0.15) is 0 Å². The van der Waals surface area contributed by atoms with E-state index in [2.05, 4.69) is 11.9 Å².